The summed E-state index contributed by atoms with van der Waals surface area (Å²) in [6.45, 7) is 7.41. The van der Waals surface area contributed by atoms with Gasteiger partial charge in [0.05, 0.1) is 0 Å². The average Bonchev–Trinajstić information content (AvgIpc) is 3.24. The molecule has 0 bridgehead atoms. The van der Waals surface area contributed by atoms with Gasteiger partial charge in [0, 0.05) is 44.5 Å². The van der Waals surface area contributed by atoms with E-state index in [2.05, 4.69) is 9.80 Å². The SMILES string of the molecule is C[C@H](N)c1cc(F)ccc1N1CCN(CC2CC2)CC1. The molecule has 3 rings (SSSR count). The molecule has 0 spiro atoms. The van der Waals surface area contributed by atoms with Crippen LogP contribution in [-0.2, 0) is 0 Å². The van der Waals surface area contributed by atoms with Crippen molar-refractivity contribution >= 4 is 5.69 Å². The molecule has 110 valence electrons. The molecule has 2 aliphatic rings. The van der Waals surface area contributed by atoms with Crippen molar-refractivity contribution in [2.45, 2.75) is 25.8 Å². The molecule has 3 nitrogen and oxygen atoms in total. The first kappa shape index (κ1) is 13.8. The Hall–Kier alpha value is -1.13. The van der Waals surface area contributed by atoms with Crippen LogP contribution in [0.3, 0.4) is 0 Å². The van der Waals surface area contributed by atoms with Crippen LogP contribution in [0, 0.1) is 11.7 Å². The third-order valence-corrected chi connectivity index (χ3v) is 4.41. The van der Waals surface area contributed by atoms with Crippen LogP contribution >= 0.6 is 0 Å². The maximum Gasteiger partial charge on any atom is 0.123 e. The minimum absolute atomic E-state index is 0.134. The van der Waals surface area contributed by atoms with Crippen molar-refractivity contribution in [1.82, 2.24) is 4.90 Å². The molecule has 1 saturated carbocycles. The Morgan fingerprint density at radius 2 is 1.95 bits per heavy atom. The second kappa shape index (κ2) is 5.70. The predicted octanol–water partition coefficient (Wildman–Crippen LogP) is 2.38. The van der Waals surface area contributed by atoms with Gasteiger partial charge in [0.15, 0.2) is 0 Å². The molecule has 1 aromatic rings. The van der Waals surface area contributed by atoms with Crippen LogP contribution in [0.1, 0.15) is 31.4 Å². The van der Waals surface area contributed by atoms with E-state index in [4.69, 9.17) is 5.73 Å². The largest absolute Gasteiger partial charge is 0.369 e. The zero-order chi connectivity index (χ0) is 14.1. The highest BCUT2D eigenvalue weighted by Crippen LogP contribution is 2.31. The topological polar surface area (TPSA) is 32.5 Å². The molecule has 20 heavy (non-hydrogen) atoms. The average molecular weight is 277 g/mol. The van der Waals surface area contributed by atoms with Gasteiger partial charge in [0.2, 0.25) is 0 Å². The highest BCUT2D eigenvalue weighted by Gasteiger charge is 2.27. The van der Waals surface area contributed by atoms with Crippen molar-refractivity contribution in [2.24, 2.45) is 11.7 Å². The summed E-state index contributed by atoms with van der Waals surface area (Å²) in [6.07, 6.45) is 2.82. The van der Waals surface area contributed by atoms with Gasteiger partial charge in [-0.05, 0) is 49.4 Å². The fourth-order valence-electron chi connectivity index (χ4n) is 3.01. The monoisotopic (exact) mass is 277 g/mol. The van der Waals surface area contributed by atoms with Crippen molar-refractivity contribution in [1.29, 1.82) is 0 Å². The van der Waals surface area contributed by atoms with E-state index in [0.29, 0.717) is 0 Å². The lowest BCUT2D eigenvalue weighted by Gasteiger charge is -2.37. The Balaban J connectivity index is 1.67. The predicted molar refractivity (Wildman–Crippen MR) is 80.4 cm³/mol. The number of anilines is 1. The van der Waals surface area contributed by atoms with Crippen molar-refractivity contribution < 1.29 is 4.39 Å². The van der Waals surface area contributed by atoms with Gasteiger partial charge in [0.1, 0.15) is 5.82 Å². The Bertz CT molecular complexity index is 463. The number of nitrogens with zero attached hydrogens (tertiary/aromatic N) is 2. The van der Waals surface area contributed by atoms with Crippen LogP contribution in [-0.4, -0.2) is 37.6 Å². The summed E-state index contributed by atoms with van der Waals surface area (Å²) in [5.74, 6) is 0.750. The standard InChI is InChI=1S/C16H24FN3/c1-12(18)15-10-14(17)4-5-16(15)20-8-6-19(7-9-20)11-13-2-3-13/h4-5,10,12-13H,2-3,6-9,11,18H2,1H3/t12-/m0/s1. The lowest BCUT2D eigenvalue weighted by molar-refractivity contribution is 0.248. The molecule has 0 unspecified atom stereocenters. The van der Waals surface area contributed by atoms with E-state index in [1.807, 2.05) is 13.0 Å². The smallest absolute Gasteiger partial charge is 0.123 e. The van der Waals surface area contributed by atoms with Crippen molar-refractivity contribution in [3.05, 3.63) is 29.6 Å². The molecule has 1 atom stereocenters. The molecule has 1 aromatic carbocycles. The zero-order valence-electron chi connectivity index (χ0n) is 12.2. The van der Waals surface area contributed by atoms with E-state index < -0.39 is 0 Å². The number of benzene rings is 1. The third-order valence-electron chi connectivity index (χ3n) is 4.41. The van der Waals surface area contributed by atoms with E-state index in [1.54, 1.807) is 6.07 Å². The Labute approximate surface area is 120 Å². The van der Waals surface area contributed by atoms with Gasteiger partial charge in [-0.1, -0.05) is 0 Å². The number of nitrogens with two attached hydrogens (primary N) is 1. The van der Waals surface area contributed by atoms with Gasteiger partial charge in [-0.25, -0.2) is 4.39 Å². The molecule has 1 saturated heterocycles. The maximum atomic E-state index is 13.4. The van der Waals surface area contributed by atoms with Crippen LogP contribution in [0.5, 0.6) is 0 Å². The van der Waals surface area contributed by atoms with Crippen molar-refractivity contribution in [3.63, 3.8) is 0 Å². The second-order valence-electron chi connectivity index (χ2n) is 6.22. The van der Waals surface area contributed by atoms with Crippen LogP contribution < -0.4 is 10.6 Å². The van der Waals surface area contributed by atoms with Crippen LogP contribution in [0.25, 0.3) is 0 Å². The molecule has 2 N–H and O–H groups in total. The zero-order valence-corrected chi connectivity index (χ0v) is 12.2. The summed E-state index contributed by atoms with van der Waals surface area (Å²) >= 11 is 0. The number of hydrogen-bond donors (Lipinski definition) is 1. The highest BCUT2D eigenvalue weighted by atomic mass is 19.1. The summed E-state index contributed by atoms with van der Waals surface area (Å²) in [5.41, 5.74) is 8.01. The van der Waals surface area contributed by atoms with E-state index in [0.717, 1.165) is 43.3 Å². The normalized spacial score (nSPS) is 22.1. The lowest BCUT2D eigenvalue weighted by atomic mass is 10.0. The lowest BCUT2D eigenvalue weighted by Crippen LogP contribution is -2.47. The van der Waals surface area contributed by atoms with E-state index >= 15 is 0 Å². The van der Waals surface area contributed by atoms with Crippen LogP contribution in [0.15, 0.2) is 18.2 Å². The van der Waals surface area contributed by atoms with Crippen molar-refractivity contribution in [3.8, 4) is 0 Å². The van der Waals surface area contributed by atoms with Crippen LogP contribution in [0.4, 0.5) is 10.1 Å². The molecular formula is C16H24FN3. The Morgan fingerprint density at radius 3 is 2.55 bits per heavy atom. The summed E-state index contributed by atoms with van der Waals surface area (Å²) in [7, 11) is 0. The molecular weight excluding hydrogens is 253 g/mol. The number of halogens is 1. The minimum atomic E-state index is -0.201. The summed E-state index contributed by atoms with van der Waals surface area (Å²) in [5, 5.41) is 0. The minimum Gasteiger partial charge on any atom is -0.369 e. The first-order valence-corrected chi connectivity index (χ1v) is 7.66. The van der Waals surface area contributed by atoms with Gasteiger partial charge in [-0.3, -0.25) is 4.90 Å². The summed E-state index contributed by atoms with van der Waals surface area (Å²) in [6, 6.07) is 4.86. The Kier molecular flexibility index (Phi) is 3.94. The molecule has 0 radical (unpaired) electrons. The molecule has 1 aliphatic carbocycles. The second-order valence-corrected chi connectivity index (χ2v) is 6.22. The fraction of sp³-hybridized carbons (Fsp3) is 0.625. The molecule has 0 amide bonds. The van der Waals surface area contributed by atoms with Gasteiger partial charge in [-0.2, -0.15) is 0 Å². The van der Waals surface area contributed by atoms with Gasteiger partial charge in [0.25, 0.3) is 0 Å². The van der Waals surface area contributed by atoms with Crippen molar-refractivity contribution in [2.75, 3.05) is 37.6 Å². The molecule has 0 aromatic heterocycles. The van der Waals surface area contributed by atoms with E-state index in [9.17, 15) is 4.39 Å². The van der Waals surface area contributed by atoms with E-state index in [-0.39, 0.29) is 11.9 Å². The molecule has 4 heteroatoms. The molecule has 1 heterocycles. The van der Waals surface area contributed by atoms with Gasteiger partial charge in [-0.15, -0.1) is 0 Å². The first-order chi connectivity index (χ1) is 9.63. The third kappa shape index (κ3) is 3.13. The van der Waals surface area contributed by atoms with E-state index in [1.165, 1.54) is 25.5 Å². The van der Waals surface area contributed by atoms with Gasteiger partial charge >= 0.3 is 0 Å². The first-order valence-electron chi connectivity index (χ1n) is 7.66. The molecule has 2 fully saturated rings. The number of piperazine rings is 1. The quantitative estimate of drug-likeness (QED) is 0.917. The van der Waals surface area contributed by atoms with Crippen LogP contribution in [0.2, 0.25) is 0 Å². The summed E-state index contributed by atoms with van der Waals surface area (Å²) < 4.78 is 13.4. The fourth-order valence-corrected chi connectivity index (χ4v) is 3.01. The maximum absolute atomic E-state index is 13.4. The number of rotatable bonds is 4. The Morgan fingerprint density at radius 1 is 1.25 bits per heavy atom. The number of hydrogen-bond acceptors (Lipinski definition) is 3. The summed E-state index contributed by atoms with van der Waals surface area (Å²) in [4.78, 5) is 4.91. The van der Waals surface area contributed by atoms with Gasteiger partial charge < -0.3 is 10.6 Å². The highest BCUT2D eigenvalue weighted by molar-refractivity contribution is 5.55. The molecule has 1 aliphatic heterocycles.